The Hall–Kier alpha value is -0.990. The van der Waals surface area contributed by atoms with Crippen molar-refractivity contribution in [2.75, 3.05) is 26.2 Å². The van der Waals surface area contributed by atoms with Crippen LogP contribution >= 0.6 is 12.4 Å². The van der Waals surface area contributed by atoms with Gasteiger partial charge in [-0.1, -0.05) is 34.8 Å². The molecular weight excluding hydrogens is 224 g/mol. The Labute approximate surface area is 102 Å². The van der Waals surface area contributed by atoms with Gasteiger partial charge in [0.15, 0.2) is 26.2 Å². The predicted molar refractivity (Wildman–Crippen MR) is 66.8 cm³/mol. The topological polar surface area (TPSA) is 32.6 Å². The first-order valence-electron chi connectivity index (χ1n) is 5.29. The Morgan fingerprint density at radius 3 is 2.62 bits per heavy atom. The third kappa shape index (κ3) is 3.00. The molecule has 86 valence electrons. The molecule has 1 aromatic rings. The van der Waals surface area contributed by atoms with E-state index in [1.165, 1.54) is 5.56 Å². The summed E-state index contributed by atoms with van der Waals surface area (Å²) in [5.41, 5.74) is 1.27. The molecule has 2 rings (SSSR count). The van der Waals surface area contributed by atoms with Crippen LogP contribution in [0.15, 0.2) is 35.3 Å². The second-order valence-electron chi connectivity index (χ2n) is 3.94. The van der Waals surface area contributed by atoms with Gasteiger partial charge in [-0.2, -0.15) is 0 Å². The lowest BCUT2D eigenvalue weighted by Gasteiger charge is -2.16. The molecule has 1 unspecified atom stereocenters. The van der Waals surface area contributed by atoms with E-state index in [0.717, 1.165) is 19.6 Å². The molecule has 0 spiro atoms. The Morgan fingerprint density at radius 1 is 1.31 bits per heavy atom. The van der Waals surface area contributed by atoms with E-state index in [1.807, 2.05) is 18.2 Å². The molecule has 1 heterocycles. The summed E-state index contributed by atoms with van der Waals surface area (Å²) >= 11 is 0. The molecule has 0 aromatic heterocycles. The van der Waals surface area contributed by atoms with Crippen LogP contribution in [0, 0.1) is 0 Å². The maximum Gasteiger partial charge on any atom is 0.625 e. The summed E-state index contributed by atoms with van der Waals surface area (Å²) in [4.78, 5) is 4.16. The SMILES string of the molecule is Cl.OCC[N+]1(Cc2ccccc2)[C+]=NCC1. The van der Waals surface area contributed by atoms with E-state index in [9.17, 15) is 0 Å². The summed E-state index contributed by atoms with van der Waals surface area (Å²) < 4.78 is 0.667. The molecule has 0 saturated heterocycles. The van der Waals surface area contributed by atoms with Gasteiger partial charge in [0, 0.05) is 10.6 Å². The molecule has 3 nitrogen and oxygen atoms in total. The van der Waals surface area contributed by atoms with E-state index in [2.05, 4.69) is 23.5 Å². The standard InChI is InChI=1S/C12H16N2O.ClH/c15-9-8-14(7-6-13-11-14)10-12-4-2-1-3-5-12;/h1-5,15H,6-10H2;1H/q+2;. The molecule has 1 aliphatic rings. The zero-order valence-corrected chi connectivity index (χ0v) is 9.99. The highest BCUT2D eigenvalue weighted by molar-refractivity contribution is 5.85. The van der Waals surface area contributed by atoms with E-state index < -0.39 is 0 Å². The minimum Gasteiger partial charge on any atom is -0.390 e. The molecule has 1 aromatic carbocycles. The summed E-state index contributed by atoms with van der Waals surface area (Å²) in [6.45, 7) is 3.56. The van der Waals surface area contributed by atoms with Gasteiger partial charge in [0.2, 0.25) is 0 Å². The Morgan fingerprint density at radius 2 is 2.06 bits per heavy atom. The molecule has 0 amide bonds. The highest BCUT2D eigenvalue weighted by Crippen LogP contribution is 2.15. The van der Waals surface area contributed by atoms with E-state index in [4.69, 9.17) is 5.11 Å². The van der Waals surface area contributed by atoms with Crippen LogP contribution in [0.4, 0.5) is 0 Å². The third-order valence-electron chi connectivity index (χ3n) is 2.78. The third-order valence-corrected chi connectivity index (χ3v) is 2.78. The van der Waals surface area contributed by atoms with Crippen LogP contribution in [0.5, 0.6) is 0 Å². The number of aliphatic hydroxyl groups is 1. The lowest BCUT2D eigenvalue weighted by Crippen LogP contribution is -2.46. The summed E-state index contributed by atoms with van der Waals surface area (Å²) in [7, 11) is 0. The molecule has 0 saturated carbocycles. The summed E-state index contributed by atoms with van der Waals surface area (Å²) in [5, 5.41) is 9.07. The number of benzene rings is 1. The van der Waals surface area contributed by atoms with Crippen molar-refractivity contribution < 1.29 is 9.59 Å². The molecule has 1 N–H and O–H groups in total. The van der Waals surface area contributed by atoms with Crippen molar-refractivity contribution in [3.63, 3.8) is 0 Å². The smallest absolute Gasteiger partial charge is 0.390 e. The first kappa shape index (κ1) is 13.1. The van der Waals surface area contributed by atoms with Crippen LogP contribution < -0.4 is 0 Å². The van der Waals surface area contributed by atoms with Crippen LogP contribution in [0.2, 0.25) is 0 Å². The Balaban J connectivity index is 0.00000128. The van der Waals surface area contributed by atoms with E-state index >= 15 is 0 Å². The normalized spacial score (nSPS) is 22.6. The molecule has 1 atom stereocenters. The molecule has 0 bridgehead atoms. The fraction of sp³-hybridized carbons (Fsp3) is 0.417. The monoisotopic (exact) mass is 240 g/mol. The molecule has 0 radical (unpaired) electrons. The molecule has 0 fully saturated rings. The zero-order valence-electron chi connectivity index (χ0n) is 9.17. The average Bonchev–Trinajstić information content (AvgIpc) is 2.69. The first-order valence-corrected chi connectivity index (χ1v) is 5.29. The van der Waals surface area contributed by atoms with Crippen LogP contribution in [0.25, 0.3) is 0 Å². The number of aliphatic imine (C=N–C) groups is 1. The van der Waals surface area contributed by atoms with Crippen LogP contribution in [0.1, 0.15) is 5.56 Å². The minimum absolute atomic E-state index is 0. The van der Waals surface area contributed by atoms with Crippen molar-refractivity contribution in [1.29, 1.82) is 0 Å². The second kappa shape index (κ2) is 5.92. The molecular formula is C12H17ClN2O+2. The largest absolute Gasteiger partial charge is 0.625 e. The number of nitrogens with zero attached hydrogens (tertiary/aromatic N) is 2. The molecule has 4 heteroatoms. The van der Waals surface area contributed by atoms with Crippen LogP contribution in [-0.4, -0.2) is 42.2 Å². The molecule has 0 aliphatic carbocycles. The van der Waals surface area contributed by atoms with Crippen LogP contribution in [-0.2, 0) is 6.54 Å². The summed E-state index contributed by atoms with van der Waals surface area (Å²) in [6.07, 6.45) is 3.12. The van der Waals surface area contributed by atoms with Gasteiger partial charge in [-0.05, 0) is 0 Å². The second-order valence-corrected chi connectivity index (χ2v) is 3.94. The number of hydrogen-bond donors (Lipinski definition) is 1. The Bertz CT molecular complexity index is 342. The molecule has 16 heavy (non-hydrogen) atoms. The fourth-order valence-electron chi connectivity index (χ4n) is 1.97. The number of aliphatic hydroxyl groups excluding tert-OH is 1. The quantitative estimate of drug-likeness (QED) is 0.625. The minimum atomic E-state index is 0. The van der Waals surface area contributed by atoms with Crippen molar-refractivity contribution in [3.8, 4) is 0 Å². The first-order chi connectivity index (χ1) is 7.35. The van der Waals surface area contributed by atoms with Gasteiger partial charge in [0.05, 0.1) is 6.61 Å². The van der Waals surface area contributed by atoms with Crippen molar-refractivity contribution in [2.45, 2.75) is 6.54 Å². The van der Waals surface area contributed by atoms with Gasteiger partial charge in [0.25, 0.3) is 0 Å². The van der Waals surface area contributed by atoms with E-state index in [1.54, 1.807) is 0 Å². The van der Waals surface area contributed by atoms with Crippen LogP contribution in [0.3, 0.4) is 0 Å². The van der Waals surface area contributed by atoms with Crippen molar-refractivity contribution in [2.24, 2.45) is 4.99 Å². The number of rotatable bonds is 4. The average molecular weight is 241 g/mol. The number of quaternary nitrogens is 1. The lowest BCUT2D eigenvalue weighted by molar-refractivity contribution is -0.843. The van der Waals surface area contributed by atoms with Crippen molar-refractivity contribution in [3.05, 3.63) is 35.9 Å². The van der Waals surface area contributed by atoms with Gasteiger partial charge in [-0.25, -0.2) is 0 Å². The van der Waals surface area contributed by atoms with Gasteiger partial charge in [-0.3, -0.25) is 0 Å². The maximum absolute atomic E-state index is 9.07. The number of hydrogen-bond acceptors (Lipinski definition) is 2. The Kier molecular flexibility index (Phi) is 4.84. The van der Waals surface area contributed by atoms with Gasteiger partial charge in [-0.15, -0.1) is 12.4 Å². The zero-order chi connectivity index (χ0) is 10.6. The number of halogens is 1. The highest BCUT2D eigenvalue weighted by Gasteiger charge is 2.44. The van der Waals surface area contributed by atoms with E-state index in [-0.39, 0.29) is 19.0 Å². The van der Waals surface area contributed by atoms with Crippen molar-refractivity contribution in [1.82, 2.24) is 0 Å². The fourth-order valence-corrected chi connectivity index (χ4v) is 1.97. The van der Waals surface area contributed by atoms with Crippen molar-refractivity contribution >= 4 is 18.7 Å². The van der Waals surface area contributed by atoms with Gasteiger partial charge < -0.3 is 5.11 Å². The van der Waals surface area contributed by atoms with Gasteiger partial charge >= 0.3 is 6.34 Å². The van der Waals surface area contributed by atoms with E-state index in [0.29, 0.717) is 11.0 Å². The highest BCUT2D eigenvalue weighted by atomic mass is 35.5. The molecule has 1 aliphatic heterocycles. The predicted octanol–water partition coefficient (Wildman–Crippen LogP) is 1.34. The summed E-state index contributed by atoms with van der Waals surface area (Å²) in [5.74, 6) is 0. The lowest BCUT2D eigenvalue weighted by atomic mass is 10.2. The van der Waals surface area contributed by atoms with Gasteiger partial charge in [0.1, 0.15) is 0 Å². The summed E-state index contributed by atoms with van der Waals surface area (Å²) in [6, 6.07) is 10.3. The maximum atomic E-state index is 9.07.